The number of carbonyl (C=O) groups is 2. The summed E-state index contributed by atoms with van der Waals surface area (Å²) in [6, 6.07) is 19.6. The van der Waals surface area contributed by atoms with Crippen LogP contribution in [-0.2, 0) is 4.79 Å². The number of thiocarbonyl (C=S) groups is 1. The molecule has 0 bridgehead atoms. The first-order valence-electron chi connectivity index (χ1n) is 10.7. The maximum atomic E-state index is 12.3. The van der Waals surface area contributed by atoms with Gasteiger partial charge in [0.05, 0.1) is 0 Å². The average molecular weight is 496 g/mol. The zero-order valence-electron chi connectivity index (χ0n) is 19.1. The molecular formula is C26H26ClN3O3S. The van der Waals surface area contributed by atoms with E-state index in [0.717, 1.165) is 11.1 Å². The molecule has 6 nitrogen and oxygen atoms in total. The second-order valence-corrected chi connectivity index (χ2v) is 8.87. The first kappa shape index (κ1) is 25.2. The SMILES string of the molecule is Cc1ccc(C(C)C)c(OCC(=O)NC(=S)Nc2ccc(NC(=O)c3cccc(Cl)c3)cc2)c1. The molecule has 3 aromatic carbocycles. The fraction of sp³-hybridized carbons (Fsp3) is 0.192. The lowest BCUT2D eigenvalue weighted by atomic mass is 10.0. The van der Waals surface area contributed by atoms with Crippen molar-refractivity contribution in [3.8, 4) is 5.75 Å². The Morgan fingerprint density at radius 3 is 2.29 bits per heavy atom. The summed E-state index contributed by atoms with van der Waals surface area (Å²) in [6.07, 6.45) is 0. The minimum absolute atomic E-state index is 0.151. The highest BCUT2D eigenvalue weighted by atomic mass is 35.5. The number of halogens is 1. The van der Waals surface area contributed by atoms with Gasteiger partial charge in [0.1, 0.15) is 5.75 Å². The second kappa shape index (κ2) is 11.6. The van der Waals surface area contributed by atoms with Crippen LogP contribution >= 0.6 is 23.8 Å². The van der Waals surface area contributed by atoms with Crippen molar-refractivity contribution in [2.75, 3.05) is 17.2 Å². The van der Waals surface area contributed by atoms with E-state index in [1.54, 1.807) is 48.5 Å². The summed E-state index contributed by atoms with van der Waals surface area (Å²) in [5, 5.41) is 9.00. The standard InChI is InChI=1S/C26H26ClN3O3S/c1-16(2)22-12-7-17(3)13-23(22)33-15-24(31)30-26(34)29-21-10-8-20(9-11-21)28-25(32)18-5-4-6-19(27)14-18/h4-14,16H,15H2,1-3H3,(H,28,32)(H2,29,30,31,34). The molecule has 0 aliphatic carbocycles. The summed E-state index contributed by atoms with van der Waals surface area (Å²) in [5.41, 5.74) is 3.84. The summed E-state index contributed by atoms with van der Waals surface area (Å²) < 4.78 is 5.74. The van der Waals surface area contributed by atoms with Crippen LogP contribution in [0.3, 0.4) is 0 Å². The third-order valence-corrected chi connectivity index (χ3v) is 5.33. The predicted molar refractivity (Wildman–Crippen MR) is 141 cm³/mol. The predicted octanol–water partition coefficient (Wildman–Crippen LogP) is 5.92. The normalized spacial score (nSPS) is 10.5. The first-order chi connectivity index (χ1) is 16.2. The van der Waals surface area contributed by atoms with Crippen molar-refractivity contribution in [3.63, 3.8) is 0 Å². The Kier molecular flexibility index (Phi) is 8.62. The Bertz CT molecular complexity index is 1200. The molecular weight excluding hydrogens is 470 g/mol. The van der Waals surface area contributed by atoms with Crippen LogP contribution in [0.15, 0.2) is 66.7 Å². The largest absolute Gasteiger partial charge is 0.483 e. The van der Waals surface area contributed by atoms with Crippen molar-refractivity contribution < 1.29 is 14.3 Å². The van der Waals surface area contributed by atoms with Gasteiger partial charge in [-0.2, -0.15) is 0 Å². The molecule has 0 saturated heterocycles. The van der Waals surface area contributed by atoms with E-state index in [9.17, 15) is 9.59 Å². The molecule has 3 aromatic rings. The number of rotatable bonds is 7. The Hall–Kier alpha value is -3.42. The van der Waals surface area contributed by atoms with Gasteiger partial charge in [0.15, 0.2) is 11.7 Å². The van der Waals surface area contributed by atoms with Gasteiger partial charge in [-0.15, -0.1) is 0 Å². The summed E-state index contributed by atoms with van der Waals surface area (Å²) in [6.45, 7) is 5.97. The van der Waals surface area contributed by atoms with E-state index in [-0.39, 0.29) is 29.5 Å². The van der Waals surface area contributed by atoms with E-state index < -0.39 is 0 Å². The molecule has 0 atom stereocenters. The van der Waals surface area contributed by atoms with Crippen LogP contribution in [0.4, 0.5) is 11.4 Å². The number of hydrogen-bond acceptors (Lipinski definition) is 4. The molecule has 0 heterocycles. The molecule has 0 aliphatic heterocycles. The number of ether oxygens (including phenoxy) is 1. The summed E-state index contributed by atoms with van der Waals surface area (Å²) in [5.74, 6) is 0.346. The highest BCUT2D eigenvalue weighted by molar-refractivity contribution is 7.80. The fourth-order valence-electron chi connectivity index (χ4n) is 3.18. The number of amides is 2. The zero-order valence-corrected chi connectivity index (χ0v) is 20.7. The Balaban J connectivity index is 1.50. The fourth-order valence-corrected chi connectivity index (χ4v) is 3.60. The van der Waals surface area contributed by atoms with Gasteiger partial charge in [-0.25, -0.2) is 0 Å². The monoisotopic (exact) mass is 495 g/mol. The van der Waals surface area contributed by atoms with Crippen LogP contribution in [0.1, 0.15) is 41.3 Å². The van der Waals surface area contributed by atoms with Gasteiger partial charge >= 0.3 is 0 Å². The molecule has 0 fully saturated rings. The molecule has 3 rings (SSSR count). The Morgan fingerprint density at radius 1 is 0.971 bits per heavy atom. The average Bonchev–Trinajstić information content (AvgIpc) is 2.78. The summed E-state index contributed by atoms with van der Waals surface area (Å²) >= 11 is 11.2. The molecule has 34 heavy (non-hydrogen) atoms. The number of aryl methyl sites for hydroxylation is 1. The molecule has 0 unspecified atom stereocenters. The number of anilines is 2. The highest BCUT2D eigenvalue weighted by Gasteiger charge is 2.12. The maximum Gasteiger partial charge on any atom is 0.264 e. The van der Waals surface area contributed by atoms with Crippen LogP contribution in [0, 0.1) is 6.92 Å². The molecule has 0 spiro atoms. The Labute approximate surface area is 209 Å². The van der Waals surface area contributed by atoms with Gasteiger partial charge in [-0.3, -0.25) is 14.9 Å². The Morgan fingerprint density at radius 2 is 1.65 bits per heavy atom. The van der Waals surface area contributed by atoms with Crippen molar-refractivity contribution in [1.82, 2.24) is 5.32 Å². The topological polar surface area (TPSA) is 79.5 Å². The van der Waals surface area contributed by atoms with E-state index >= 15 is 0 Å². The van der Waals surface area contributed by atoms with Crippen LogP contribution in [-0.4, -0.2) is 23.5 Å². The van der Waals surface area contributed by atoms with Gasteiger partial charge in [-0.1, -0.05) is 43.6 Å². The first-order valence-corrected chi connectivity index (χ1v) is 11.5. The lowest BCUT2D eigenvalue weighted by Crippen LogP contribution is -2.37. The molecule has 0 saturated carbocycles. The van der Waals surface area contributed by atoms with Gasteiger partial charge in [0.2, 0.25) is 0 Å². The lowest BCUT2D eigenvalue weighted by Gasteiger charge is -2.15. The highest BCUT2D eigenvalue weighted by Crippen LogP contribution is 2.27. The third-order valence-electron chi connectivity index (χ3n) is 4.89. The summed E-state index contributed by atoms with van der Waals surface area (Å²) in [7, 11) is 0. The van der Waals surface area contributed by atoms with E-state index in [2.05, 4.69) is 29.8 Å². The van der Waals surface area contributed by atoms with Crippen molar-refractivity contribution in [2.24, 2.45) is 0 Å². The molecule has 176 valence electrons. The molecule has 0 aromatic heterocycles. The van der Waals surface area contributed by atoms with Gasteiger partial charge < -0.3 is 15.4 Å². The third kappa shape index (κ3) is 7.30. The molecule has 0 radical (unpaired) electrons. The minimum atomic E-state index is -0.362. The molecule has 8 heteroatoms. The van der Waals surface area contributed by atoms with Crippen molar-refractivity contribution in [2.45, 2.75) is 26.7 Å². The molecule has 2 amide bonds. The van der Waals surface area contributed by atoms with Crippen molar-refractivity contribution >= 4 is 52.1 Å². The maximum absolute atomic E-state index is 12.3. The van der Waals surface area contributed by atoms with Crippen molar-refractivity contribution in [1.29, 1.82) is 0 Å². The van der Waals surface area contributed by atoms with Gasteiger partial charge in [0, 0.05) is 22.0 Å². The number of carbonyl (C=O) groups excluding carboxylic acids is 2. The van der Waals surface area contributed by atoms with Crippen molar-refractivity contribution in [3.05, 3.63) is 88.4 Å². The van der Waals surface area contributed by atoms with E-state index in [4.69, 9.17) is 28.6 Å². The molecule has 3 N–H and O–H groups in total. The minimum Gasteiger partial charge on any atom is -0.483 e. The van der Waals surface area contributed by atoms with E-state index in [0.29, 0.717) is 27.7 Å². The number of hydrogen-bond donors (Lipinski definition) is 3. The number of nitrogens with one attached hydrogen (secondary N) is 3. The smallest absolute Gasteiger partial charge is 0.264 e. The lowest BCUT2D eigenvalue weighted by molar-refractivity contribution is -0.121. The van der Waals surface area contributed by atoms with Crippen LogP contribution < -0.4 is 20.7 Å². The van der Waals surface area contributed by atoms with Crippen LogP contribution in [0.2, 0.25) is 5.02 Å². The quantitative estimate of drug-likeness (QED) is 0.355. The molecule has 0 aliphatic rings. The number of benzene rings is 3. The van der Waals surface area contributed by atoms with Gasteiger partial charge in [0.25, 0.3) is 11.8 Å². The van der Waals surface area contributed by atoms with E-state index in [1.165, 1.54) is 0 Å². The van der Waals surface area contributed by atoms with Gasteiger partial charge in [-0.05, 0) is 84.7 Å². The second-order valence-electron chi connectivity index (χ2n) is 8.03. The van der Waals surface area contributed by atoms with Crippen LogP contribution in [0.5, 0.6) is 5.75 Å². The zero-order chi connectivity index (χ0) is 24.7. The van der Waals surface area contributed by atoms with Crippen LogP contribution in [0.25, 0.3) is 0 Å². The van der Waals surface area contributed by atoms with E-state index in [1.807, 2.05) is 25.1 Å². The summed E-state index contributed by atoms with van der Waals surface area (Å²) in [4.78, 5) is 24.6.